The molecule has 1 aromatic heterocycles. The van der Waals surface area contributed by atoms with Crippen molar-refractivity contribution in [2.24, 2.45) is 5.73 Å². The number of nitrogens with one attached hydrogen (secondary N) is 1. The number of rotatable bonds is 6. The average molecular weight is 288 g/mol. The highest BCUT2D eigenvalue weighted by Crippen LogP contribution is 2.17. The summed E-state index contributed by atoms with van der Waals surface area (Å²) in [5.74, 6) is -0.274. The van der Waals surface area contributed by atoms with E-state index in [0.717, 1.165) is 17.8 Å². The van der Waals surface area contributed by atoms with Crippen molar-refractivity contribution in [2.75, 3.05) is 26.0 Å². The number of carbonyl (C=O) groups excluding carboxylic acids is 1. The molecule has 1 amide bonds. The summed E-state index contributed by atoms with van der Waals surface area (Å²) >= 11 is 0. The van der Waals surface area contributed by atoms with Crippen molar-refractivity contribution in [2.45, 2.75) is 13.1 Å². The van der Waals surface area contributed by atoms with Crippen molar-refractivity contribution >= 4 is 11.6 Å². The third kappa shape index (κ3) is 4.11. The van der Waals surface area contributed by atoms with Crippen molar-refractivity contribution in [3.05, 3.63) is 41.7 Å². The van der Waals surface area contributed by atoms with Gasteiger partial charge in [0, 0.05) is 18.8 Å². The van der Waals surface area contributed by atoms with E-state index in [9.17, 15) is 4.79 Å². The third-order valence-corrected chi connectivity index (χ3v) is 2.88. The molecule has 0 unspecified atom stereocenters. The van der Waals surface area contributed by atoms with E-state index in [0.29, 0.717) is 13.1 Å². The molecule has 112 valence electrons. The molecule has 21 heavy (non-hydrogen) atoms. The van der Waals surface area contributed by atoms with Crippen LogP contribution in [0.25, 0.3) is 0 Å². The molecule has 7 nitrogen and oxygen atoms in total. The molecule has 0 aliphatic carbocycles. The SMILES string of the molecule is CN(C)Cc1ccccc1NC(=O)c1cn(CCN)nn1. The van der Waals surface area contributed by atoms with Gasteiger partial charge in [0.05, 0.1) is 12.7 Å². The average Bonchev–Trinajstić information content (AvgIpc) is 2.89. The Labute approximate surface area is 123 Å². The van der Waals surface area contributed by atoms with Gasteiger partial charge in [0.2, 0.25) is 0 Å². The van der Waals surface area contributed by atoms with Crippen LogP contribution in [0.2, 0.25) is 0 Å². The predicted octanol–water partition coefficient (Wildman–Crippen LogP) is 0.551. The van der Waals surface area contributed by atoms with Crippen LogP contribution in [-0.4, -0.2) is 46.4 Å². The summed E-state index contributed by atoms with van der Waals surface area (Å²) < 4.78 is 1.56. The van der Waals surface area contributed by atoms with Crippen LogP contribution in [0, 0.1) is 0 Å². The van der Waals surface area contributed by atoms with Gasteiger partial charge < -0.3 is 16.0 Å². The van der Waals surface area contributed by atoms with Gasteiger partial charge in [0.15, 0.2) is 5.69 Å². The molecule has 0 fully saturated rings. The first kappa shape index (κ1) is 15.1. The molecule has 0 aliphatic heterocycles. The standard InChI is InChI=1S/C14H20N6O/c1-19(2)9-11-5-3-4-6-12(11)16-14(21)13-10-20(8-7-15)18-17-13/h3-6,10H,7-9,15H2,1-2H3,(H,16,21). The van der Waals surface area contributed by atoms with Crippen LogP contribution in [0.3, 0.4) is 0 Å². The molecule has 0 aliphatic rings. The molecule has 0 saturated carbocycles. The fraction of sp³-hybridized carbons (Fsp3) is 0.357. The van der Waals surface area contributed by atoms with Crippen LogP contribution in [0.15, 0.2) is 30.5 Å². The minimum absolute atomic E-state index is 0.274. The molecule has 7 heteroatoms. The van der Waals surface area contributed by atoms with E-state index < -0.39 is 0 Å². The Morgan fingerprint density at radius 2 is 2.14 bits per heavy atom. The number of nitrogens with zero attached hydrogens (tertiary/aromatic N) is 4. The van der Waals surface area contributed by atoms with Crippen LogP contribution >= 0.6 is 0 Å². The van der Waals surface area contributed by atoms with Gasteiger partial charge in [-0.05, 0) is 25.7 Å². The van der Waals surface area contributed by atoms with Gasteiger partial charge in [0.25, 0.3) is 5.91 Å². The number of aromatic nitrogens is 3. The van der Waals surface area contributed by atoms with Crippen LogP contribution in [0.4, 0.5) is 5.69 Å². The van der Waals surface area contributed by atoms with Crippen molar-refractivity contribution in [1.82, 2.24) is 19.9 Å². The maximum atomic E-state index is 12.2. The Balaban J connectivity index is 2.11. The Kier molecular flexibility index (Phi) is 5.02. The summed E-state index contributed by atoms with van der Waals surface area (Å²) in [4.78, 5) is 14.2. The van der Waals surface area contributed by atoms with Crippen LogP contribution in [-0.2, 0) is 13.1 Å². The highest BCUT2D eigenvalue weighted by atomic mass is 16.2. The van der Waals surface area contributed by atoms with Gasteiger partial charge >= 0.3 is 0 Å². The smallest absolute Gasteiger partial charge is 0.277 e. The molecule has 1 aromatic carbocycles. The van der Waals surface area contributed by atoms with E-state index in [1.165, 1.54) is 0 Å². The summed E-state index contributed by atoms with van der Waals surface area (Å²) in [6, 6.07) is 7.70. The Hall–Kier alpha value is -2.25. The van der Waals surface area contributed by atoms with Gasteiger partial charge in [-0.25, -0.2) is 0 Å². The van der Waals surface area contributed by atoms with Crippen molar-refractivity contribution in [3.8, 4) is 0 Å². The Morgan fingerprint density at radius 1 is 1.38 bits per heavy atom. The normalized spacial score (nSPS) is 10.9. The Bertz CT molecular complexity index is 607. The molecule has 2 rings (SSSR count). The van der Waals surface area contributed by atoms with E-state index in [1.807, 2.05) is 43.3 Å². The Morgan fingerprint density at radius 3 is 2.86 bits per heavy atom. The maximum absolute atomic E-state index is 12.2. The summed E-state index contributed by atoms with van der Waals surface area (Å²) in [5.41, 5.74) is 7.55. The second kappa shape index (κ2) is 6.96. The van der Waals surface area contributed by atoms with Gasteiger partial charge in [-0.15, -0.1) is 5.10 Å². The highest BCUT2D eigenvalue weighted by Gasteiger charge is 2.13. The lowest BCUT2D eigenvalue weighted by Crippen LogP contribution is -2.17. The van der Waals surface area contributed by atoms with E-state index in [4.69, 9.17) is 5.73 Å². The first-order valence-electron chi connectivity index (χ1n) is 6.74. The number of amides is 1. The third-order valence-electron chi connectivity index (χ3n) is 2.88. The zero-order valence-corrected chi connectivity index (χ0v) is 12.3. The van der Waals surface area contributed by atoms with Crippen molar-refractivity contribution in [1.29, 1.82) is 0 Å². The maximum Gasteiger partial charge on any atom is 0.277 e. The topological polar surface area (TPSA) is 89.1 Å². The molecule has 0 atom stereocenters. The van der Waals surface area contributed by atoms with E-state index in [-0.39, 0.29) is 11.6 Å². The summed E-state index contributed by atoms with van der Waals surface area (Å²) in [7, 11) is 3.97. The summed E-state index contributed by atoms with van der Waals surface area (Å²) in [5, 5.41) is 10.6. The quantitative estimate of drug-likeness (QED) is 0.810. The molecule has 0 bridgehead atoms. The predicted molar refractivity (Wildman–Crippen MR) is 80.9 cm³/mol. The zero-order chi connectivity index (χ0) is 15.2. The highest BCUT2D eigenvalue weighted by molar-refractivity contribution is 6.03. The largest absolute Gasteiger partial charge is 0.329 e. The molecule has 3 N–H and O–H groups in total. The lowest BCUT2D eigenvalue weighted by atomic mass is 10.1. The number of hydrogen-bond acceptors (Lipinski definition) is 5. The fourth-order valence-electron chi connectivity index (χ4n) is 1.95. The number of para-hydroxylation sites is 1. The number of nitrogens with two attached hydrogens (primary N) is 1. The van der Waals surface area contributed by atoms with Crippen LogP contribution in [0.1, 0.15) is 16.1 Å². The number of hydrogen-bond donors (Lipinski definition) is 2. The van der Waals surface area contributed by atoms with Crippen LogP contribution < -0.4 is 11.1 Å². The van der Waals surface area contributed by atoms with E-state index in [2.05, 4.69) is 15.6 Å². The van der Waals surface area contributed by atoms with Crippen LogP contribution in [0.5, 0.6) is 0 Å². The number of benzene rings is 1. The molecule has 1 heterocycles. The van der Waals surface area contributed by atoms with Gasteiger partial charge in [0.1, 0.15) is 0 Å². The van der Waals surface area contributed by atoms with Gasteiger partial charge in [-0.2, -0.15) is 0 Å². The van der Waals surface area contributed by atoms with Gasteiger partial charge in [-0.3, -0.25) is 9.48 Å². The van der Waals surface area contributed by atoms with E-state index in [1.54, 1.807) is 10.9 Å². The molecule has 0 radical (unpaired) electrons. The second-order valence-corrected chi connectivity index (χ2v) is 5.00. The minimum Gasteiger partial charge on any atom is -0.329 e. The first-order chi connectivity index (χ1) is 10.1. The molecule has 0 saturated heterocycles. The van der Waals surface area contributed by atoms with Gasteiger partial charge in [-0.1, -0.05) is 23.4 Å². The fourth-order valence-corrected chi connectivity index (χ4v) is 1.95. The first-order valence-corrected chi connectivity index (χ1v) is 6.74. The monoisotopic (exact) mass is 288 g/mol. The second-order valence-electron chi connectivity index (χ2n) is 5.00. The zero-order valence-electron chi connectivity index (χ0n) is 12.3. The summed E-state index contributed by atoms with van der Waals surface area (Å²) in [6.07, 6.45) is 1.59. The van der Waals surface area contributed by atoms with E-state index >= 15 is 0 Å². The van der Waals surface area contributed by atoms with Crippen molar-refractivity contribution in [3.63, 3.8) is 0 Å². The lowest BCUT2D eigenvalue weighted by Gasteiger charge is -2.14. The number of carbonyl (C=O) groups is 1. The minimum atomic E-state index is -0.274. The molecular weight excluding hydrogens is 268 g/mol. The molecule has 0 spiro atoms. The lowest BCUT2D eigenvalue weighted by molar-refractivity contribution is 0.102. The summed E-state index contributed by atoms with van der Waals surface area (Å²) in [6.45, 7) is 1.74. The molecule has 2 aromatic rings. The van der Waals surface area contributed by atoms with Crippen molar-refractivity contribution < 1.29 is 4.79 Å². The number of anilines is 1. The molecular formula is C14H20N6O.